The number of rotatable bonds is 1. The highest BCUT2D eigenvalue weighted by Crippen LogP contribution is 2.38. The smallest absolute Gasteiger partial charge is 0.168 e. The standard InChI is InChI=1S/C11H21NO2/c1-9-3-2-5-11(6-4-9)13-8-10(7-12)14-11/h9-10H,2-8,12H2,1H3. The zero-order valence-corrected chi connectivity index (χ0v) is 9.00. The van der Waals surface area contributed by atoms with E-state index in [-0.39, 0.29) is 11.9 Å². The third kappa shape index (κ3) is 2.10. The fraction of sp³-hybridized carbons (Fsp3) is 1.00. The van der Waals surface area contributed by atoms with Crippen LogP contribution in [0.2, 0.25) is 0 Å². The van der Waals surface area contributed by atoms with E-state index in [2.05, 4.69) is 6.92 Å². The molecule has 1 saturated heterocycles. The molecule has 0 amide bonds. The largest absolute Gasteiger partial charge is 0.347 e. The van der Waals surface area contributed by atoms with Gasteiger partial charge in [-0.15, -0.1) is 0 Å². The summed E-state index contributed by atoms with van der Waals surface area (Å²) in [5.41, 5.74) is 5.59. The first kappa shape index (κ1) is 10.4. The Labute approximate surface area is 85.9 Å². The van der Waals surface area contributed by atoms with E-state index in [1.165, 1.54) is 19.3 Å². The molecule has 2 aliphatic rings. The third-order valence-electron chi connectivity index (χ3n) is 3.45. The number of ether oxygens (including phenoxy) is 2. The molecule has 0 aromatic heterocycles. The van der Waals surface area contributed by atoms with Gasteiger partial charge in [-0.25, -0.2) is 0 Å². The maximum absolute atomic E-state index is 5.92. The second-order valence-corrected chi connectivity index (χ2v) is 4.73. The molecule has 0 radical (unpaired) electrons. The van der Waals surface area contributed by atoms with Gasteiger partial charge in [0.05, 0.1) is 12.7 Å². The molecule has 0 aromatic carbocycles. The minimum Gasteiger partial charge on any atom is -0.347 e. The van der Waals surface area contributed by atoms with Crippen molar-refractivity contribution in [3.05, 3.63) is 0 Å². The number of hydrogen-bond acceptors (Lipinski definition) is 3. The average Bonchev–Trinajstić information content (AvgIpc) is 2.50. The molecule has 1 heterocycles. The van der Waals surface area contributed by atoms with E-state index >= 15 is 0 Å². The van der Waals surface area contributed by atoms with Gasteiger partial charge in [-0.05, 0) is 18.8 Å². The Bertz CT molecular complexity index is 198. The highest BCUT2D eigenvalue weighted by molar-refractivity contribution is 4.82. The van der Waals surface area contributed by atoms with E-state index in [1.54, 1.807) is 0 Å². The lowest BCUT2D eigenvalue weighted by molar-refractivity contribution is -0.175. The molecule has 1 aliphatic carbocycles. The summed E-state index contributed by atoms with van der Waals surface area (Å²) in [6.45, 7) is 3.58. The van der Waals surface area contributed by atoms with Crippen LogP contribution in [0.15, 0.2) is 0 Å². The summed E-state index contributed by atoms with van der Waals surface area (Å²) in [7, 11) is 0. The lowest BCUT2D eigenvalue weighted by atomic mass is 10.0. The van der Waals surface area contributed by atoms with Crippen molar-refractivity contribution in [1.82, 2.24) is 0 Å². The summed E-state index contributed by atoms with van der Waals surface area (Å²) < 4.78 is 11.7. The maximum atomic E-state index is 5.92. The second kappa shape index (κ2) is 4.17. The first-order valence-electron chi connectivity index (χ1n) is 5.76. The molecule has 1 aliphatic heterocycles. The van der Waals surface area contributed by atoms with Gasteiger partial charge in [0, 0.05) is 19.4 Å². The van der Waals surface area contributed by atoms with Gasteiger partial charge in [0.1, 0.15) is 0 Å². The van der Waals surface area contributed by atoms with Gasteiger partial charge in [0.2, 0.25) is 0 Å². The highest BCUT2D eigenvalue weighted by Gasteiger charge is 2.41. The van der Waals surface area contributed by atoms with Crippen molar-refractivity contribution < 1.29 is 9.47 Å². The molecule has 2 N–H and O–H groups in total. The van der Waals surface area contributed by atoms with Crippen LogP contribution in [-0.4, -0.2) is 25.0 Å². The van der Waals surface area contributed by atoms with E-state index < -0.39 is 0 Å². The fourth-order valence-corrected chi connectivity index (χ4v) is 2.45. The van der Waals surface area contributed by atoms with Gasteiger partial charge in [0.15, 0.2) is 5.79 Å². The molecular formula is C11H21NO2. The molecule has 3 nitrogen and oxygen atoms in total. The Morgan fingerprint density at radius 3 is 2.93 bits per heavy atom. The summed E-state index contributed by atoms with van der Waals surface area (Å²) in [6, 6.07) is 0. The van der Waals surface area contributed by atoms with Crippen molar-refractivity contribution in [2.45, 2.75) is 50.9 Å². The Morgan fingerprint density at radius 2 is 2.21 bits per heavy atom. The third-order valence-corrected chi connectivity index (χ3v) is 3.45. The van der Waals surface area contributed by atoms with Gasteiger partial charge >= 0.3 is 0 Å². The molecule has 0 aromatic rings. The van der Waals surface area contributed by atoms with Crippen molar-refractivity contribution in [1.29, 1.82) is 0 Å². The van der Waals surface area contributed by atoms with Crippen molar-refractivity contribution >= 4 is 0 Å². The molecule has 3 unspecified atom stereocenters. The minimum absolute atomic E-state index is 0.128. The predicted octanol–water partition coefficient (Wildman–Crippen LogP) is 1.66. The van der Waals surface area contributed by atoms with Crippen LogP contribution in [0.4, 0.5) is 0 Å². The zero-order valence-electron chi connectivity index (χ0n) is 9.00. The molecule has 82 valence electrons. The quantitative estimate of drug-likeness (QED) is 0.698. The van der Waals surface area contributed by atoms with Gasteiger partial charge in [0.25, 0.3) is 0 Å². The number of hydrogen-bond donors (Lipinski definition) is 1. The van der Waals surface area contributed by atoms with E-state index in [0.29, 0.717) is 13.2 Å². The van der Waals surface area contributed by atoms with Crippen molar-refractivity contribution in [3.63, 3.8) is 0 Å². The lowest BCUT2D eigenvalue weighted by Crippen LogP contribution is -2.32. The van der Waals surface area contributed by atoms with Crippen LogP contribution in [0, 0.1) is 5.92 Å². The Hall–Kier alpha value is -0.120. The van der Waals surface area contributed by atoms with Gasteiger partial charge < -0.3 is 15.2 Å². The van der Waals surface area contributed by atoms with Crippen LogP contribution in [0.3, 0.4) is 0 Å². The fourth-order valence-electron chi connectivity index (χ4n) is 2.45. The summed E-state index contributed by atoms with van der Waals surface area (Å²) in [5, 5.41) is 0. The average molecular weight is 199 g/mol. The van der Waals surface area contributed by atoms with Crippen LogP contribution in [0.1, 0.15) is 39.0 Å². The molecule has 14 heavy (non-hydrogen) atoms. The minimum atomic E-state index is -0.269. The van der Waals surface area contributed by atoms with Crippen molar-refractivity contribution in [2.75, 3.05) is 13.2 Å². The monoisotopic (exact) mass is 199 g/mol. The lowest BCUT2D eigenvalue weighted by Gasteiger charge is -2.26. The predicted molar refractivity (Wildman–Crippen MR) is 54.9 cm³/mol. The number of nitrogens with two attached hydrogens (primary N) is 1. The summed E-state index contributed by atoms with van der Waals surface area (Å²) in [4.78, 5) is 0. The molecule has 2 rings (SSSR count). The van der Waals surface area contributed by atoms with Crippen molar-refractivity contribution in [3.8, 4) is 0 Å². The van der Waals surface area contributed by atoms with Crippen LogP contribution in [0.5, 0.6) is 0 Å². The van der Waals surface area contributed by atoms with E-state index in [0.717, 1.165) is 18.8 Å². The van der Waals surface area contributed by atoms with Crippen LogP contribution < -0.4 is 5.73 Å². The van der Waals surface area contributed by atoms with Gasteiger partial charge in [-0.1, -0.05) is 13.3 Å². The Kier molecular flexibility index (Phi) is 3.10. The SMILES string of the molecule is CC1CCCC2(CC1)OCC(CN)O2. The molecule has 2 fully saturated rings. The topological polar surface area (TPSA) is 44.5 Å². The summed E-state index contributed by atoms with van der Waals surface area (Å²) >= 11 is 0. The van der Waals surface area contributed by atoms with E-state index in [4.69, 9.17) is 15.2 Å². The molecule has 0 bridgehead atoms. The van der Waals surface area contributed by atoms with Crippen molar-refractivity contribution in [2.24, 2.45) is 11.7 Å². The van der Waals surface area contributed by atoms with Gasteiger partial charge in [-0.2, -0.15) is 0 Å². The van der Waals surface area contributed by atoms with E-state index in [9.17, 15) is 0 Å². The first-order chi connectivity index (χ1) is 6.74. The van der Waals surface area contributed by atoms with E-state index in [1.807, 2.05) is 0 Å². The van der Waals surface area contributed by atoms with Crippen LogP contribution >= 0.6 is 0 Å². The zero-order chi connectivity index (χ0) is 10.0. The molecule has 3 heteroatoms. The van der Waals surface area contributed by atoms with Crippen LogP contribution in [0.25, 0.3) is 0 Å². The Morgan fingerprint density at radius 1 is 1.36 bits per heavy atom. The normalized spacial score (nSPS) is 44.1. The van der Waals surface area contributed by atoms with Crippen LogP contribution in [-0.2, 0) is 9.47 Å². The molecule has 3 atom stereocenters. The maximum Gasteiger partial charge on any atom is 0.168 e. The van der Waals surface area contributed by atoms with Gasteiger partial charge in [-0.3, -0.25) is 0 Å². The summed E-state index contributed by atoms with van der Waals surface area (Å²) in [5.74, 6) is 0.549. The summed E-state index contributed by atoms with van der Waals surface area (Å²) in [6.07, 6.45) is 5.97. The second-order valence-electron chi connectivity index (χ2n) is 4.73. The highest BCUT2D eigenvalue weighted by atomic mass is 16.7. The molecular weight excluding hydrogens is 178 g/mol. The first-order valence-corrected chi connectivity index (χ1v) is 5.76. The molecule has 1 spiro atoms. The molecule has 1 saturated carbocycles. The Balaban J connectivity index is 1.95.